The minimum Gasteiger partial charge on any atom is -0.302 e. The van der Waals surface area contributed by atoms with Crippen LogP contribution in [0.2, 0.25) is 0 Å². The molecule has 0 aromatic carbocycles. The Balaban J connectivity index is 3.55. The molecule has 0 atom stereocenters. The van der Waals surface area contributed by atoms with E-state index in [2.05, 4.69) is 37.5 Å². The zero-order valence-corrected chi connectivity index (χ0v) is 8.58. The number of hydrogen-bond acceptors (Lipinski definition) is 3. The van der Waals surface area contributed by atoms with E-state index >= 15 is 0 Å². The van der Waals surface area contributed by atoms with Gasteiger partial charge in [0.25, 0.3) is 0 Å². The summed E-state index contributed by atoms with van der Waals surface area (Å²) in [5.41, 5.74) is 0. The summed E-state index contributed by atoms with van der Waals surface area (Å²) < 4.78 is 0. The van der Waals surface area contributed by atoms with Crippen LogP contribution in [0.5, 0.6) is 0 Å². The van der Waals surface area contributed by atoms with Gasteiger partial charge in [0.05, 0.1) is 0 Å². The minimum absolute atomic E-state index is 0.949. The quantitative estimate of drug-likeness (QED) is 0.424. The standard InChI is InChI=1S/C9H21N3/c1-5-11(6-2)8-9-12(7-3)10-4/h4-9H2,1-3H3. The maximum absolute atomic E-state index is 3.90. The van der Waals surface area contributed by atoms with Gasteiger partial charge in [-0.1, -0.05) is 13.8 Å². The Labute approximate surface area is 76.0 Å². The lowest BCUT2D eigenvalue weighted by molar-refractivity contribution is 0.228. The Morgan fingerprint density at radius 2 is 1.58 bits per heavy atom. The monoisotopic (exact) mass is 171 g/mol. The summed E-state index contributed by atoms with van der Waals surface area (Å²) >= 11 is 0. The lowest BCUT2D eigenvalue weighted by Crippen LogP contribution is -2.32. The smallest absolute Gasteiger partial charge is 0.0487 e. The molecule has 0 bridgehead atoms. The molecule has 0 aromatic rings. The predicted octanol–water partition coefficient (Wildman–Crippen LogP) is 1.27. The second-order valence-corrected chi connectivity index (χ2v) is 2.71. The van der Waals surface area contributed by atoms with Crippen LogP contribution in [0.4, 0.5) is 0 Å². The first-order valence-corrected chi connectivity index (χ1v) is 4.72. The molecule has 0 amide bonds. The van der Waals surface area contributed by atoms with Gasteiger partial charge in [0.2, 0.25) is 0 Å². The third-order valence-corrected chi connectivity index (χ3v) is 2.13. The highest BCUT2D eigenvalue weighted by molar-refractivity contribution is 5.22. The maximum Gasteiger partial charge on any atom is 0.0487 e. The molecular weight excluding hydrogens is 150 g/mol. The van der Waals surface area contributed by atoms with Gasteiger partial charge in [-0.15, -0.1) is 0 Å². The van der Waals surface area contributed by atoms with Crippen molar-refractivity contribution in [2.24, 2.45) is 5.10 Å². The molecule has 0 unspecified atom stereocenters. The highest BCUT2D eigenvalue weighted by Crippen LogP contribution is 1.91. The van der Waals surface area contributed by atoms with Crippen LogP contribution in [0.3, 0.4) is 0 Å². The zero-order valence-electron chi connectivity index (χ0n) is 8.58. The van der Waals surface area contributed by atoms with Crippen molar-refractivity contribution in [2.75, 3.05) is 32.7 Å². The highest BCUT2D eigenvalue weighted by Gasteiger charge is 2.00. The number of rotatable bonds is 7. The van der Waals surface area contributed by atoms with Crippen LogP contribution in [0, 0.1) is 0 Å². The Kier molecular flexibility index (Phi) is 6.76. The molecular formula is C9H21N3. The number of likely N-dealkylation sites (N-methyl/N-ethyl adjacent to an activating group) is 2. The number of nitrogens with zero attached hydrogens (tertiary/aromatic N) is 3. The molecule has 0 saturated heterocycles. The molecule has 3 nitrogen and oxygen atoms in total. The Bertz CT molecular complexity index is 110. The van der Waals surface area contributed by atoms with Crippen molar-refractivity contribution in [1.29, 1.82) is 0 Å². The SMILES string of the molecule is C=NN(CC)CCN(CC)CC. The van der Waals surface area contributed by atoms with Crippen LogP contribution in [0.1, 0.15) is 20.8 Å². The lowest BCUT2D eigenvalue weighted by Gasteiger charge is -2.22. The first-order valence-electron chi connectivity index (χ1n) is 4.72. The van der Waals surface area contributed by atoms with Gasteiger partial charge < -0.3 is 4.90 Å². The average Bonchev–Trinajstić information content (AvgIpc) is 2.13. The van der Waals surface area contributed by atoms with Crippen LogP contribution < -0.4 is 0 Å². The molecule has 0 aliphatic rings. The zero-order chi connectivity index (χ0) is 9.40. The van der Waals surface area contributed by atoms with Gasteiger partial charge in [0.15, 0.2) is 0 Å². The third-order valence-electron chi connectivity index (χ3n) is 2.13. The predicted molar refractivity (Wildman–Crippen MR) is 54.6 cm³/mol. The number of hydrazone groups is 1. The molecule has 72 valence electrons. The van der Waals surface area contributed by atoms with Gasteiger partial charge in [0.1, 0.15) is 0 Å². The van der Waals surface area contributed by atoms with E-state index in [1.165, 1.54) is 0 Å². The second kappa shape index (κ2) is 7.10. The molecule has 12 heavy (non-hydrogen) atoms. The number of hydrogen-bond donors (Lipinski definition) is 0. The van der Waals surface area contributed by atoms with E-state index in [0.717, 1.165) is 32.7 Å². The first kappa shape index (κ1) is 11.4. The topological polar surface area (TPSA) is 18.8 Å². The summed E-state index contributed by atoms with van der Waals surface area (Å²) in [7, 11) is 0. The minimum atomic E-state index is 0.949. The normalized spacial score (nSPS) is 10.3. The van der Waals surface area contributed by atoms with Crippen molar-refractivity contribution < 1.29 is 0 Å². The van der Waals surface area contributed by atoms with Crippen LogP contribution >= 0.6 is 0 Å². The molecule has 0 rings (SSSR count). The first-order chi connectivity index (χ1) is 5.78. The van der Waals surface area contributed by atoms with Crippen molar-refractivity contribution in [3.8, 4) is 0 Å². The largest absolute Gasteiger partial charge is 0.302 e. The van der Waals surface area contributed by atoms with Crippen molar-refractivity contribution in [1.82, 2.24) is 9.91 Å². The summed E-state index contributed by atoms with van der Waals surface area (Å²) in [6.45, 7) is 15.2. The average molecular weight is 171 g/mol. The van der Waals surface area contributed by atoms with Crippen molar-refractivity contribution >= 4 is 6.72 Å². The van der Waals surface area contributed by atoms with Gasteiger partial charge in [0, 0.05) is 26.4 Å². The summed E-state index contributed by atoms with van der Waals surface area (Å²) in [5.74, 6) is 0. The maximum atomic E-state index is 3.90. The van der Waals surface area contributed by atoms with Crippen LogP contribution in [-0.4, -0.2) is 49.4 Å². The van der Waals surface area contributed by atoms with Crippen molar-refractivity contribution in [3.63, 3.8) is 0 Å². The molecule has 0 aromatic heterocycles. The van der Waals surface area contributed by atoms with E-state index in [9.17, 15) is 0 Å². The third kappa shape index (κ3) is 4.34. The van der Waals surface area contributed by atoms with E-state index in [0.29, 0.717) is 0 Å². The van der Waals surface area contributed by atoms with E-state index in [1.807, 2.05) is 5.01 Å². The lowest BCUT2D eigenvalue weighted by atomic mass is 10.4. The van der Waals surface area contributed by atoms with E-state index < -0.39 is 0 Å². The van der Waals surface area contributed by atoms with Gasteiger partial charge in [-0.25, -0.2) is 0 Å². The van der Waals surface area contributed by atoms with E-state index in [-0.39, 0.29) is 0 Å². The van der Waals surface area contributed by atoms with E-state index in [4.69, 9.17) is 0 Å². The fraction of sp³-hybridized carbons (Fsp3) is 0.889. The van der Waals surface area contributed by atoms with Crippen molar-refractivity contribution in [2.45, 2.75) is 20.8 Å². The molecule has 0 saturated carbocycles. The van der Waals surface area contributed by atoms with E-state index in [1.54, 1.807) is 0 Å². The Morgan fingerprint density at radius 3 is 1.92 bits per heavy atom. The Morgan fingerprint density at radius 1 is 1.00 bits per heavy atom. The second-order valence-electron chi connectivity index (χ2n) is 2.71. The highest BCUT2D eigenvalue weighted by atomic mass is 15.4. The summed E-state index contributed by atoms with van der Waals surface area (Å²) in [6.07, 6.45) is 0. The van der Waals surface area contributed by atoms with Crippen LogP contribution in [0.25, 0.3) is 0 Å². The van der Waals surface area contributed by atoms with Gasteiger partial charge in [-0.2, -0.15) is 5.10 Å². The Hall–Kier alpha value is -0.570. The summed E-state index contributed by atoms with van der Waals surface area (Å²) in [5, 5.41) is 5.89. The summed E-state index contributed by atoms with van der Waals surface area (Å²) in [6, 6.07) is 0. The molecule has 0 aliphatic heterocycles. The molecule has 0 spiro atoms. The molecule has 3 heteroatoms. The molecule has 0 aliphatic carbocycles. The molecule has 0 N–H and O–H groups in total. The molecule has 0 heterocycles. The van der Waals surface area contributed by atoms with Crippen LogP contribution in [-0.2, 0) is 0 Å². The van der Waals surface area contributed by atoms with Crippen LogP contribution in [0.15, 0.2) is 5.10 Å². The fourth-order valence-electron chi connectivity index (χ4n) is 1.13. The molecule has 0 fully saturated rings. The van der Waals surface area contributed by atoms with Gasteiger partial charge >= 0.3 is 0 Å². The van der Waals surface area contributed by atoms with Gasteiger partial charge in [-0.3, -0.25) is 5.01 Å². The fourth-order valence-corrected chi connectivity index (χ4v) is 1.13. The van der Waals surface area contributed by atoms with Crippen molar-refractivity contribution in [3.05, 3.63) is 0 Å². The van der Waals surface area contributed by atoms with Gasteiger partial charge in [-0.05, 0) is 20.0 Å². The molecule has 0 radical (unpaired) electrons. The summed E-state index contributed by atoms with van der Waals surface area (Å²) in [4.78, 5) is 2.38.